The van der Waals surface area contributed by atoms with E-state index >= 15 is 0 Å². The highest BCUT2D eigenvalue weighted by Crippen LogP contribution is 2.25. The van der Waals surface area contributed by atoms with Crippen molar-refractivity contribution in [2.45, 2.75) is 31.3 Å². The van der Waals surface area contributed by atoms with Crippen LogP contribution in [0.2, 0.25) is 0 Å². The fourth-order valence-corrected chi connectivity index (χ4v) is 3.25. The van der Waals surface area contributed by atoms with Gasteiger partial charge in [-0.25, -0.2) is 0 Å². The van der Waals surface area contributed by atoms with Crippen molar-refractivity contribution in [2.75, 3.05) is 26.7 Å². The van der Waals surface area contributed by atoms with Crippen molar-refractivity contribution in [1.29, 1.82) is 0 Å². The Kier molecular flexibility index (Phi) is 3.62. The van der Waals surface area contributed by atoms with Crippen molar-refractivity contribution in [3.05, 3.63) is 16.9 Å². The van der Waals surface area contributed by atoms with Crippen LogP contribution in [0.1, 0.15) is 25.3 Å². The number of likely N-dealkylation sites (N-methyl/N-ethyl adjacent to an activating group) is 1. The van der Waals surface area contributed by atoms with Crippen molar-refractivity contribution in [3.8, 4) is 0 Å². The Labute approximate surface area is 121 Å². The first-order valence-electron chi connectivity index (χ1n) is 6.81. The average Bonchev–Trinajstić information content (AvgIpc) is 2.74. The first-order valence-corrected chi connectivity index (χ1v) is 7.60. The highest BCUT2D eigenvalue weighted by Gasteiger charge is 2.33. The molecule has 0 aliphatic carbocycles. The van der Waals surface area contributed by atoms with E-state index in [4.69, 9.17) is 0 Å². The molecule has 2 fully saturated rings. The molecular formula is C13H19BrN4O. The topological polar surface area (TPSA) is 41.4 Å². The van der Waals surface area contributed by atoms with Crippen molar-refractivity contribution in [2.24, 2.45) is 0 Å². The standard InChI is InChI=1S/C13H19BrN4O/c1-16-11(3-2-4-13(16)19)7-17-8-12(9-17)18-6-10(14)5-15-18/h5-6,11-12H,2-4,7-9H2,1H3. The number of hydrogen-bond acceptors (Lipinski definition) is 3. The molecule has 2 aliphatic heterocycles. The first-order chi connectivity index (χ1) is 9.13. The molecule has 0 aromatic carbocycles. The third-order valence-electron chi connectivity index (χ3n) is 4.22. The predicted molar refractivity (Wildman–Crippen MR) is 75.8 cm³/mol. The highest BCUT2D eigenvalue weighted by atomic mass is 79.9. The van der Waals surface area contributed by atoms with Crippen molar-refractivity contribution >= 4 is 21.8 Å². The average molecular weight is 327 g/mol. The van der Waals surface area contributed by atoms with Crippen LogP contribution in [0.3, 0.4) is 0 Å². The summed E-state index contributed by atoms with van der Waals surface area (Å²) in [5, 5.41) is 4.32. The molecular weight excluding hydrogens is 308 g/mol. The van der Waals surface area contributed by atoms with E-state index in [1.165, 1.54) is 0 Å². The summed E-state index contributed by atoms with van der Waals surface area (Å²) < 4.78 is 3.06. The molecule has 5 nitrogen and oxygen atoms in total. The third kappa shape index (κ3) is 2.69. The molecule has 0 saturated carbocycles. The molecule has 6 heteroatoms. The molecule has 104 valence electrons. The molecule has 1 aromatic rings. The van der Waals surface area contributed by atoms with Crippen LogP contribution >= 0.6 is 15.9 Å². The summed E-state index contributed by atoms with van der Waals surface area (Å²) >= 11 is 3.42. The minimum Gasteiger partial charge on any atom is -0.341 e. The summed E-state index contributed by atoms with van der Waals surface area (Å²) in [6.07, 6.45) is 6.75. The maximum atomic E-state index is 11.7. The number of rotatable bonds is 3. The summed E-state index contributed by atoms with van der Waals surface area (Å²) in [6, 6.07) is 0.877. The number of likely N-dealkylation sites (tertiary alicyclic amines) is 2. The summed E-state index contributed by atoms with van der Waals surface area (Å²) in [4.78, 5) is 16.0. The molecule has 0 bridgehead atoms. The molecule has 19 heavy (non-hydrogen) atoms. The van der Waals surface area contributed by atoms with Crippen LogP contribution < -0.4 is 0 Å². The van der Waals surface area contributed by atoms with Crippen LogP contribution in [0, 0.1) is 0 Å². The number of halogens is 1. The van der Waals surface area contributed by atoms with E-state index in [9.17, 15) is 4.79 Å². The Bertz CT molecular complexity index is 469. The van der Waals surface area contributed by atoms with Crippen molar-refractivity contribution in [3.63, 3.8) is 0 Å². The van der Waals surface area contributed by atoms with Crippen molar-refractivity contribution in [1.82, 2.24) is 19.6 Å². The van der Waals surface area contributed by atoms with Crippen molar-refractivity contribution < 1.29 is 4.79 Å². The van der Waals surface area contributed by atoms with E-state index in [2.05, 4.69) is 25.9 Å². The van der Waals surface area contributed by atoms with Gasteiger partial charge in [-0.15, -0.1) is 0 Å². The summed E-state index contributed by atoms with van der Waals surface area (Å²) in [7, 11) is 1.94. The zero-order valence-electron chi connectivity index (χ0n) is 11.1. The molecule has 0 spiro atoms. The monoisotopic (exact) mass is 326 g/mol. The number of carbonyl (C=O) groups excluding carboxylic acids is 1. The number of amides is 1. The zero-order chi connectivity index (χ0) is 13.4. The Morgan fingerprint density at radius 3 is 2.95 bits per heavy atom. The molecule has 1 unspecified atom stereocenters. The second kappa shape index (κ2) is 5.25. The first kappa shape index (κ1) is 13.1. The van der Waals surface area contributed by atoms with Gasteiger partial charge in [0, 0.05) is 45.3 Å². The van der Waals surface area contributed by atoms with E-state index < -0.39 is 0 Å². The number of carbonyl (C=O) groups is 1. The van der Waals surface area contributed by atoms with E-state index in [1.807, 2.05) is 29.0 Å². The molecule has 0 radical (unpaired) electrons. The van der Waals surface area contributed by atoms with E-state index in [0.717, 1.165) is 43.4 Å². The fourth-order valence-electron chi connectivity index (χ4n) is 2.95. The number of hydrogen-bond donors (Lipinski definition) is 0. The Hall–Kier alpha value is -0.880. The molecule has 1 amide bonds. The maximum Gasteiger partial charge on any atom is 0.222 e. The van der Waals surface area contributed by atoms with Crippen LogP contribution in [-0.2, 0) is 4.79 Å². The van der Waals surface area contributed by atoms with Gasteiger partial charge in [0.15, 0.2) is 0 Å². The van der Waals surface area contributed by atoms with Gasteiger partial charge >= 0.3 is 0 Å². The quantitative estimate of drug-likeness (QED) is 0.845. The van der Waals surface area contributed by atoms with E-state index in [-0.39, 0.29) is 0 Å². The zero-order valence-corrected chi connectivity index (χ0v) is 12.7. The summed E-state index contributed by atoms with van der Waals surface area (Å²) in [5.74, 6) is 0.296. The van der Waals surface area contributed by atoms with Gasteiger partial charge in [-0.1, -0.05) is 0 Å². The second-order valence-corrected chi connectivity index (χ2v) is 6.48. The number of piperidine rings is 1. The van der Waals surface area contributed by atoms with Crippen LogP contribution in [0.5, 0.6) is 0 Å². The molecule has 2 saturated heterocycles. The fraction of sp³-hybridized carbons (Fsp3) is 0.692. The molecule has 3 rings (SSSR count). The largest absolute Gasteiger partial charge is 0.341 e. The van der Waals surface area contributed by atoms with Gasteiger partial charge in [-0.2, -0.15) is 5.10 Å². The van der Waals surface area contributed by atoms with Crippen LogP contribution in [0.4, 0.5) is 0 Å². The maximum absolute atomic E-state index is 11.7. The summed E-state index contributed by atoms with van der Waals surface area (Å²) in [6.45, 7) is 3.07. The van der Waals surface area contributed by atoms with Gasteiger partial charge in [0.05, 0.1) is 16.7 Å². The van der Waals surface area contributed by atoms with Gasteiger partial charge in [0.1, 0.15) is 0 Å². The lowest BCUT2D eigenvalue weighted by Crippen LogP contribution is -2.54. The molecule has 0 N–H and O–H groups in total. The van der Waals surface area contributed by atoms with Gasteiger partial charge in [-0.05, 0) is 28.8 Å². The lowest BCUT2D eigenvalue weighted by Gasteiger charge is -2.43. The lowest BCUT2D eigenvalue weighted by molar-refractivity contribution is -0.135. The minimum atomic E-state index is 0.296. The highest BCUT2D eigenvalue weighted by molar-refractivity contribution is 9.10. The van der Waals surface area contributed by atoms with Crippen LogP contribution in [0.25, 0.3) is 0 Å². The Morgan fingerprint density at radius 2 is 2.26 bits per heavy atom. The van der Waals surface area contributed by atoms with Gasteiger partial charge in [-0.3, -0.25) is 14.4 Å². The Balaban J connectivity index is 1.50. The van der Waals surface area contributed by atoms with E-state index in [0.29, 0.717) is 18.0 Å². The molecule has 3 heterocycles. The predicted octanol–water partition coefficient (Wildman–Crippen LogP) is 1.51. The van der Waals surface area contributed by atoms with Gasteiger partial charge in [0.25, 0.3) is 0 Å². The van der Waals surface area contributed by atoms with Crippen LogP contribution in [0.15, 0.2) is 16.9 Å². The molecule has 2 aliphatic rings. The SMILES string of the molecule is CN1C(=O)CCCC1CN1CC(n2cc(Br)cn2)C1. The second-order valence-electron chi connectivity index (χ2n) is 5.56. The third-order valence-corrected chi connectivity index (χ3v) is 4.63. The molecule has 1 atom stereocenters. The summed E-state index contributed by atoms with van der Waals surface area (Å²) in [5.41, 5.74) is 0. The van der Waals surface area contributed by atoms with Gasteiger partial charge in [0.2, 0.25) is 5.91 Å². The number of aromatic nitrogens is 2. The minimum absolute atomic E-state index is 0.296. The molecule has 1 aromatic heterocycles. The van der Waals surface area contributed by atoms with Crippen LogP contribution in [-0.4, -0.2) is 58.2 Å². The normalized spacial score (nSPS) is 25.7. The smallest absolute Gasteiger partial charge is 0.222 e. The number of nitrogens with zero attached hydrogens (tertiary/aromatic N) is 4. The van der Waals surface area contributed by atoms with Gasteiger partial charge < -0.3 is 4.90 Å². The Morgan fingerprint density at radius 1 is 1.47 bits per heavy atom. The van der Waals surface area contributed by atoms with E-state index in [1.54, 1.807) is 0 Å². The lowest BCUT2D eigenvalue weighted by atomic mass is 9.99.